The first-order chi connectivity index (χ1) is 15.0. The second-order valence-electron chi connectivity index (χ2n) is 7.17. The minimum atomic E-state index is -0.0892. The second kappa shape index (κ2) is 8.97. The minimum absolute atomic E-state index is 0.0892. The van der Waals surface area contributed by atoms with Gasteiger partial charge in [-0.05, 0) is 74.0 Å². The van der Waals surface area contributed by atoms with Crippen LogP contribution in [0.5, 0.6) is 0 Å². The van der Waals surface area contributed by atoms with Crippen LogP contribution in [0, 0.1) is 13.8 Å². The fourth-order valence-electron chi connectivity index (χ4n) is 3.14. The zero-order valence-corrected chi connectivity index (χ0v) is 17.9. The van der Waals surface area contributed by atoms with Crippen LogP contribution in [0.25, 0.3) is 5.82 Å². The Kier molecular flexibility index (Phi) is 5.95. The molecule has 0 bridgehead atoms. The van der Waals surface area contributed by atoms with Gasteiger partial charge in [-0.3, -0.25) is 4.79 Å². The smallest absolute Gasteiger partial charge is 0.228 e. The van der Waals surface area contributed by atoms with E-state index in [0.717, 1.165) is 28.3 Å². The van der Waals surface area contributed by atoms with Gasteiger partial charge in [0, 0.05) is 22.1 Å². The fraction of sp³-hybridized carbons (Fsp3) is 0.130. The Bertz CT molecular complexity index is 1180. The molecule has 0 unspecified atom stereocenters. The molecule has 0 fully saturated rings. The Hall–Kier alpha value is -3.71. The van der Waals surface area contributed by atoms with Crippen LogP contribution in [0.4, 0.5) is 17.2 Å². The number of carbonyl (C=O) groups excluding carboxylic acids is 1. The first-order valence-corrected chi connectivity index (χ1v) is 10.1. The molecule has 7 nitrogen and oxygen atoms in total. The molecule has 4 rings (SSSR count). The van der Waals surface area contributed by atoms with Crippen molar-refractivity contribution in [3.8, 4) is 5.82 Å². The molecular weight excluding hydrogens is 412 g/mol. The lowest BCUT2D eigenvalue weighted by molar-refractivity contribution is -0.115. The van der Waals surface area contributed by atoms with Crippen LogP contribution in [0.3, 0.4) is 0 Å². The van der Waals surface area contributed by atoms with Gasteiger partial charge in [0.2, 0.25) is 5.91 Å². The number of aryl methyl sites for hydroxylation is 2. The molecule has 0 radical (unpaired) electrons. The Morgan fingerprint density at radius 1 is 0.935 bits per heavy atom. The topological polar surface area (TPSA) is 84.7 Å². The summed E-state index contributed by atoms with van der Waals surface area (Å²) in [5, 5.41) is 19.6. The van der Waals surface area contributed by atoms with Crippen molar-refractivity contribution in [1.82, 2.24) is 20.0 Å². The van der Waals surface area contributed by atoms with Crippen molar-refractivity contribution >= 4 is 34.7 Å². The number of nitrogens with zero attached hydrogens (tertiary/aromatic N) is 4. The van der Waals surface area contributed by atoms with Gasteiger partial charge < -0.3 is 10.6 Å². The number of nitrogens with one attached hydrogen (secondary N) is 2. The van der Waals surface area contributed by atoms with E-state index in [4.69, 9.17) is 11.6 Å². The molecule has 0 aliphatic carbocycles. The maximum Gasteiger partial charge on any atom is 0.228 e. The predicted octanol–water partition coefficient (Wildman–Crippen LogP) is 4.86. The van der Waals surface area contributed by atoms with Gasteiger partial charge in [0.25, 0.3) is 0 Å². The highest BCUT2D eigenvalue weighted by Gasteiger charge is 2.07. The van der Waals surface area contributed by atoms with E-state index in [9.17, 15) is 4.79 Å². The summed E-state index contributed by atoms with van der Waals surface area (Å²) < 4.78 is 1.76. The molecule has 0 aliphatic heterocycles. The van der Waals surface area contributed by atoms with E-state index >= 15 is 0 Å². The predicted molar refractivity (Wildman–Crippen MR) is 122 cm³/mol. The van der Waals surface area contributed by atoms with Gasteiger partial charge >= 0.3 is 0 Å². The summed E-state index contributed by atoms with van der Waals surface area (Å²) in [5.74, 6) is 1.19. The number of rotatable bonds is 6. The second-order valence-corrected chi connectivity index (χ2v) is 7.61. The van der Waals surface area contributed by atoms with Gasteiger partial charge in [0.1, 0.15) is 0 Å². The van der Waals surface area contributed by atoms with E-state index in [-0.39, 0.29) is 12.3 Å². The molecule has 31 heavy (non-hydrogen) atoms. The SMILES string of the molecule is Cc1cc(C)n(-c2ccc(Nc3ccc(NC(=O)Cc4ccc(Cl)cc4)cc3)nn2)n1. The third-order valence-corrected chi connectivity index (χ3v) is 4.85. The summed E-state index contributed by atoms with van der Waals surface area (Å²) in [6.45, 7) is 3.92. The third kappa shape index (κ3) is 5.26. The first kappa shape index (κ1) is 20.6. The molecule has 2 heterocycles. The van der Waals surface area contributed by atoms with Crippen molar-refractivity contribution in [3.05, 3.63) is 88.7 Å². The third-order valence-electron chi connectivity index (χ3n) is 4.60. The molecule has 0 spiro atoms. The van der Waals surface area contributed by atoms with E-state index in [0.29, 0.717) is 16.7 Å². The molecular formula is C23H21ClN6O. The van der Waals surface area contributed by atoms with Gasteiger partial charge in [-0.25, -0.2) is 4.68 Å². The van der Waals surface area contributed by atoms with Crippen LogP contribution in [-0.4, -0.2) is 25.9 Å². The highest BCUT2D eigenvalue weighted by Crippen LogP contribution is 2.19. The quantitative estimate of drug-likeness (QED) is 0.454. The normalized spacial score (nSPS) is 10.7. The average molecular weight is 433 g/mol. The van der Waals surface area contributed by atoms with Crippen molar-refractivity contribution in [2.45, 2.75) is 20.3 Å². The monoisotopic (exact) mass is 432 g/mol. The van der Waals surface area contributed by atoms with Crippen molar-refractivity contribution in [3.63, 3.8) is 0 Å². The number of halogens is 1. The van der Waals surface area contributed by atoms with Crippen LogP contribution in [-0.2, 0) is 11.2 Å². The molecule has 0 saturated carbocycles. The zero-order valence-electron chi connectivity index (χ0n) is 17.1. The maximum absolute atomic E-state index is 12.2. The molecule has 156 valence electrons. The Labute approximate surface area is 185 Å². The van der Waals surface area contributed by atoms with Gasteiger partial charge in [-0.1, -0.05) is 23.7 Å². The van der Waals surface area contributed by atoms with Crippen molar-refractivity contribution < 1.29 is 4.79 Å². The number of hydrogen-bond acceptors (Lipinski definition) is 5. The molecule has 0 aliphatic rings. The van der Waals surface area contributed by atoms with E-state index in [2.05, 4.69) is 25.9 Å². The van der Waals surface area contributed by atoms with E-state index < -0.39 is 0 Å². The van der Waals surface area contributed by atoms with E-state index in [1.807, 2.05) is 68.4 Å². The molecule has 8 heteroatoms. The number of anilines is 3. The number of hydrogen-bond donors (Lipinski definition) is 2. The van der Waals surface area contributed by atoms with Gasteiger partial charge in [0.05, 0.1) is 12.1 Å². The Morgan fingerprint density at radius 3 is 2.26 bits per heavy atom. The van der Waals surface area contributed by atoms with Crippen LogP contribution < -0.4 is 10.6 Å². The van der Waals surface area contributed by atoms with Crippen LogP contribution in [0.15, 0.2) is 66.7 Å². The lowest BCUT2D eigenvalue weighted by Crippen LogP contribution is -2.14. The van der Waals surface area contributed by atoms with Crippen molar-refractivity contribution in [2.75, 3.05) is 10.6 Å². The van der Waals surface area contributed by atoms with Crippen LogP contribution >= 0.6 is 11.6 Å². The summed E-state index contributed by atoms with van der Waals surface area (Å²) >= 11 is 5.87. The lowest BCUT2D eigenvalue weighted by Gasteiger charge is -2.09. The molecule has 2 aromatic heterocycles. The summed E-state index contributed by atoms with van der Waals surface area (Å²) in [6, 6.07) is 20.3. The van der Waals surface area contributed by atoms with Crippen LogP contribution in [0.1, 0.15) is 17.0 Å². The van der Waals surface area contributed by atoms with Crippen molar-refractivity contribution in [2.24, 2.45) is 0 Å². The highest BCUT2D eigenvalue weighted by atomic mass is 35.5. The molecule has 2 N–H and O–H groups in total. The minimum Gasteiger partial charge on any atom is -0.339 e. The summed E-state index contributed by atoms with van der Waals surface area (Å²) in [7, 11) is 0. The molecule has 0 atom stereocenters. The van der Waals surface area contributed by atoms with Gasteiger partial charge in [0.15, 0.2) is 11.6 Å². The largest absolute Gasteiger partial charge is 0.339 e. The molecule has 4 aromatic rings. The van der Waals surface area contributed by atoms with Crippen molar-refractivity contribution in [1.29, 1.82) is 0 Å². The molecule has 1 amide bonds. The summed E-state index contributed by atoms with van der Waals surface area (Å²) in [4.78, 5) is 12.2. The average Bonchev–Trinajstić information content (AvgIpc) is 3.10. The Morgan fingerprint density at radius 2 is 1.65 bits per heavy atom. The Balaban J connectivity index is 1.35. The number of aromatic nitrogens is 4. The summed E-state index contributed by atoms with van der Waals surface area (Å²) in [5.41, 5.74) is 4.39. The maximum atomic E-state index is 12.2. The number of benzene rings is 2. The number of carbonyl (C=O) groups is 1. The first-order valence-electron chi connectivity index (χ1n) is 9.75. The molecule has 2 aromatic carbocycles. The van der Waals surface area contributed by atoms with Gasteiger partial charge in [-0.2, -0.15) is 5.10 Å². The standard InChI is InChI=1S/C23H21ClN6O/c1-15-13-16(2)30(29-15)22-12-11-21(27-28-22)25-19-7-9-20(10-8-19)26-23(31)14-17-3-5-18(24)6-4-17/h3-13H,14H2,1-2H3,(H,25,27)(H,26,31). The lowest BCUT2D eigenvalue weighted by atomic mass is 10.1. The van der Waals surface area contributed by atoms with E-state index in [1.165, 1.54) is 0 Å². The summed E-state index contributed by atoms with van der Waals surface area (Å²) in [6.07, 6.45) is 0.286. The highest BCUT2D eigenvalue weighted by molar-refractivity contribution is 6.30. The number of amides is 1. The van der Waals surface area contributed by atoms with Crippen LogP contribution in [0.2, 0.25) is 5.02 Å². The molecule has 0 saturated heterocycles. The van der Waals surface area contributed by atoms with E-state index in [1.54, 1.807) is 16.8 Å². The fourth-order valence-corrected chi connectivity index (χ4v) is 3.27. The van der Waals surface area contributed by atoms with Gasteiger partial charge in [-0.15, -0.1) is 10.2 Å². The zero-order chi connectivity index (χ0) is 21.8.